The minimum absolute atomic E-state index is 0.285. The largest absolute Gasteiger partial charge is 0.390 e. The van der Waals surface area contributed by atoms with Gasteiger partial charge in [-0.3, -0.25) is 4.57 Å². The third-order valence-corrected chi connectivity index (χ3v) is 2.20. The molecule has 2 rings (SSSR count). The lowest BCUT2D eigenvalue weighted by molar-refractivity contribution is 0.276. The van der Waals surface area contributed by atoms with Crippen molar-refractivity contribution in [3.05, 3.63) is 47.3 Å². The van der Waals surface area contributed by atoms with Gasteiger partial charge in [-0.15, -0.1) is 0 Å². The van der Waals surface area contributed by atoms with Crippen molar-refractivity contribution in [2.24, 2.45) is 0 Å². The van der Waals surface area contributed by atoms with E-state index in [-0.39, 0.29) is 12.3 Å². The summed E-state index contributed by atoms with van der Waals surface area (Å²) >= 11 is 5.78. The second-order valence-electron chi connectivity index (χ2n) is 3.01. The molecule has 2 aromatic rings. The summed E-state index contributed by atoms with van der Waals surface area (Å²) in [5, 5.41) is 9.33. The molecule has 0 bridgehead atoms. The minimum Gasteiger partial charge on any atom is -0.390 e. The van der Waals surface area contributed by atoms with Crippen LogP contribution in [0, 0.1) is 6.08 Å². The fourth-order valence-corrected chi connectivity index (χ4v) is 1.47. The molecule has 1 aromatic heterocycles. The van der Waals surface area contributed by atoms with E-state index in [0.29, 0.717) is 10.7 Å². The van der Waals surface area contributed by atoms with Crippen molar-refractivity contribution >= 4 is 11.6 Å². The molecule has 0 amide bonds. The molecule has 0 saturated heterocycles. The van der Waals surface area contributed by atoms with Gasteiger partial charge in [-0.05, 0) is 18.2 Å². The molecule has 78 valence electrons. The summed E-state index contributed by atoms with van der Waals surface area (Å²) in [4.78, 5) is 3.54. The number of rotatable bonds is 2. The summed E-state index contributed by atoms with van der Waals surface area (Å²) in [5.41, 5.74) is 0.861. The summed E-state index contributed by atoms with van der Waals surface area (Å²) in [6, 6.07) is 6.74. The Labute approximate surface area is 90.8 Å². The Kier molecular flexibility index (Phi) is 2.70. The number of imidazole rings is 1. The second-order valence-corrected chi connectivity index (χ2v) is 3.45. The van der Waals surface area contributed by atoms with E-state index in [1.807, 2.05) is 0 Å². The molecule has 1 heterocycles. The van der Waals surface area contributed by atoms with E-state index in [2.05, 4.69) is 4.98 Å². The van der Waals surface area contributed by atoms with Crippen molar-refractivity contribution < 1.29 is 9.50 Å². The number of hydrogen-bond acceptors (Lipinski definition) is 2. The van der Waals surface area contributed by atoms with Crippen LogP contribution in [0.15, 0.2) is 30.5 Å². The Balaban J connectivity index is 2.48. The van der Waals surface area contributed by atoms with Crippen molar-refractivity contribution in [3.63, 3.8) is 0 Å². The van der Waals surface area contributed by atoms with E-state index in [4.69, 9.17) is 16.7 Å². The standard InChI is InChI=1S/C10H8ClFN2O/c11-7-2-1-3-9(4-7)14-5-8(6-15)13-10(14)12/h1-5,15H,6H2. The molecular weight excluding hydrogens is 219 g/mol. The smallest absolute Gasteiger partial charge is 0.294 e. The molecule has 1 N–H and O–H groups in total. The van der Waals surface area contributed by atoms with Gasteiger partial charge in [0.1, 0.15) is 0 Å². The molecule has 0 aliphatic carbocycles. The first-order valence-corrected chi connectivity index (χ1v) is 4.69. The summed E-state index contributed by atoms with van der Waals surface area (Å²) < 4.78 is 14.5. The summed E-state index contributed by atoms with van der Waals surface area (Å²) in [6.07, 6.45) is 0.766. The molecular formula is C10H8ClFN2O. The Morgan fingerprint density at radius 3 is 2.87 bits per heavy atom. The summed E-state index contributed by atoms with van der Waals surface area (Å²) in [6.45, 7) is -0.287. The molecule has 5 heteroatoms. The van der Waals surface area contributed by atoms with Crippen LogP contribution in [0.4, 0.5) is 4.39 Å². The molecule has 0 fully saturated rings. The van der Waals surface area contributed by atoms with Gasteiger partial charge in [0, 0.05) is 11.2 Å². The van der Waals surface area contributed by atoms with Crippen LogP contribution in [0.2, 0.25) is 5.02 Å². The molecule has 0 aliphatic rings. The number of aromatic nitrogens is 2. The number of aliphatic hydroxyl groups excluding tert-OH is 1. The first kappa shape index (κ1) is 10.1. The monoisotopic (exact) mass is 226 g/mol. The Bertz CT molecular complexity index is 484. The molecule has 15 heavy (non-hydrogen) atoms. The third-order valence-electron chi connectivity index (χ3n) is 1.96. The van der Waals surface area contributed by atoms with Gasteiger partial charge in [0.2, 0.25) is 0 Å². The lowest BCUT2D eigenvalue weighted by Gasteiger charge is -2.02. The highest BCUT2D eigenvalue weighted by atomic mass is 35.5. The van der Waals surface area contributed by atoms with E-state index in [1.54, 1.807) is 24.3 Å². The maximum atomic E-state index is 13.3. The predicted octanol–water partition coefficient (Wildman–Crippen LogP) is 2.16. The van der Waals surface area contributed by atoms with Crippen molar-refractivity contribution in [2.45, 2.75) is 6.61 Å². The zero-order valence-electron chi connectivity index (χ0n) is 7.69. The van der Waals surface area contributed by atoms with Gasteiger partial charge in [0.15, 0.2) is 0 Å². The lowest BCUT2D eigenvalue weighted by atomic mass is 10.3. The number of aliphatic hydroxyl groups is 1. The summed E-state index contributed by atoms with van der Waals surface area (Å²) in [5.74, 6) is 0. The number of nitrogens with zero attached hydrogens (tertiary/aromatic N) is 2. The van der Waals surface area contributed by atoms with Gasteiger partial charge in [0.25, 0.3) is 6.08 Å². The third kappa shape index (κ3) is 2.00. The van der Waals surface area contributed by atoms with Crippen molar-refractivity contribution in [1.29, 1.82) is 0 Å². The number of benzene rings is 1. The van der Waals surface area contributed by atoms with Gasteiger partial charge in [-0.1, -0.05) is 17.7 Å². The van der Waals surface area contributed by atoms with Crippen molar-refractivity contribution in [3.8, 4) is 5.69 Å². The quantitative estimate of drug-likeness (QED) is 0.852. The molecule has 0 radical (unpaired) electrons. The first-order valence-electron chi connectivity index (χ1n) is 4.31. The lowest BCUT2D eigenvalue weighted by Crippen LogP contribution is -1.95. The van der Waals surface area contributed by atoms with Crippen LogP contribution in [0.25, 0.3) is 5.69 Å². The Morgan fingerprint density at radius 2 is 2.27 bits per heavy atom. The van der Waals surface area contributed by atoms with E-state index >= 15 is 0 Å². The SMILES string of the molecule is OCc1cn(-c2cccc(Cl)c2)c(F)n1. The highest BCUT2D eigenvalue weighted by Gasteiger charge is 2.08. The van der Waals surface area contributed by atoms with Crippen LogP contribution in [0.5, 0.6) is 0 Å². The maximum Gasteiger partial charge on any atom is 0.294 e. The fourth-order valence-electron chi connectivity index (χ4n) is 1.29. The van der Waals surface area contributed by atoms with E-state index < -0.39 is 6.08 Å². The van der Waals surface area contributed by atoms with Crippen LogP contribution >= 0.6 is 11.6 Å². The minimum atomic E-state index is -0.665. The topological polar surface area (TPSA) is 38.0 Å². The van der Waals surface area contributed by atoms with Gasteiger partial charge < -0.3 is 5.11 Å². The van der Waals surface area contributed by atoms with Crippen molar-refractivity contribution in [1.82, 2.24) is 9.55 Å². The molecule has 0 saturated carbocycles. The fraction of sp³-hybridized carbons (Fsp3) is 0.100. The normalized spacial score (nSPS) is 10.6. The maximum absolute atomic E-state index is 13.3. The van der Waals surface area contributed by atoms with E-state index in [1.165, 1.54) is 10.8 Å². The predicted molar refractivity (Wildman–Crippen MR) is 54.5 cm³/mol. The Hall–Kier alpha value is -1.39. The molecule has 0 atom stereocenters. The van der Waals surface area contributed by atoms with Crippen LogP contribution in [0.3, 0.4) is 0 Å². The van der Waals surface area contributed by atoms with Gasteiger partial charge >= 0.3 is 0 Å². The number of hydrogen-bond donors (Lipinski definition) is 1. The van der Waals surface area contributed by atoms with Gasteiger partial charge in [-0.2, -0.15) is 4.39 Å². The van der Waals surface area contributed by atoms with Crippen LogP contribution in [0.1, 0.15) is 5.69 Å². The first-order chi connectivity index (χ1) is 7.20. The zero-order valence-corrected chi connectivity index (χ0v) is 8.45. The summed E-state index contributed by atoms with van der Waals surface area (Å²) in [7, 11) is 0. The van der Waals surface area contributed by atoms with E-state index in [0.717, 1.165) is 0 Å². The molecule has 1 aromatic carbocycles. The van der Waals surface area contributed by atoms with Gasteiger partial charge in [-0.25, -0.2) is 4.98 Å². The second kappa shape index (κ2) is 4.00. The number of halogens is 2. The highest BCUT2D eigenvalue weighted by molar-refractivity contribution is 6.30. The average Bonchev–Trinajstić information content (AvgIpc) is 2.60. The molecule has 3 nitrogen and oxygen atoms in total. The van der Waals surface area contributed by atoms with Gasteiger partial charge in [0.05, 0.1) is 18.0 Å². The highest BCUT2D eigenvalue weighted by Crippen LogP contribution is 2.16. The zero-order chi connectivity index (χ0) is 10.8. The average molecular weight is 227 g/mol. The van der Waals surface area contributed by atoms with E-state index in [9.17, 15) is 4.39 Å². The molecule has 0 aliphatic heterocycles. The van der Waals surface area contributed by atoms with Crippen LogP contribution < -0.4 is 0 Å². The molecule has 0 unspecified atom stereocenters. The molecule has 0 spiro atoms. The van der Waals surface area contributed by atoms with Crippen LogP contribution in [-0.2, 0) is 6.61 Å². The van der Waals surface area contributed by atoms with Crippen LogP contribution in [-0.4, -0.2) is 14.7 Å². The Morgan fingerprint density at radius 1 is 1.47 bits per heavy atom. The van der Waals surface area contributed by atoms with Crippen molar-refractivity contribution in [2.75, 3.05) is 0 Å².